The molecule has 0 amide bonds. The summed E-state index contributed by atoms with van der Waals surface area (Å²) in [6.07, 6.45) is 0.765. The number of anilines is 1. The van der Waals surface area contributed by atoms with E-state index in [0.717, 1.165) is 11.8 Å². The van der Waals surface area contributed by atoms with Gasteiger partial charge in [0.1, 0.15) is 5.75 Å². The van der Waals surface area contributed by atoms with Gasteiger partial charge in [-0.3, -0.25) is 4.79 Å². The monoisotopic (exact) mass is 227 g/mol. The summed E-state index contributed by atoms with van der Waals surface area (Å²) >= 11 is 0. The van der Waals surface area contributed by atoms with Crippen LogP contribution in [0.5, 0.6) is 11.5 Å². The molecule has 0 heterocycles. The van der Waals surface area contributed by atoms with Crippen molar-refractivity contribution in [2.75, 3.05) is 5.73 Å². The van der Waals surface area contributed by atoms with E-state index in [1.54, 1.807) is 24.3 Å². The quantitative estimate of drug-likeness (QED) is 0.647. The molecular weight excluding hydrogens is 214 g/mol. The Labute approximate surface area is 99.8 Å². The number of carbonyl (C=O) groups is 1. The predicted molar refractivity (Wildman–Crippen MR) is 67.5 cm³/mol. The molecule has 0 aliphatic rings. The summed E-state index contributed by atoms with van der Waals surface area (Å²) in [6, 6.07) is 12.6. The number of aryl methyl sites for hydroxylation is 1. The Morgan fingerprint density at radius 3 is 2.65 bits per heavy atom. The molecule has 0 atom stereocenters. The SMILES string of the molecule is Cc1ccc(N)c(Oc2ccccc2C=O)c1. The first kappa shape index (κ1) is 11.2. The molecule has 0 unspecified atom stereocenters. The van der Waals surface area contributed by atoms with Gasteiger partial charge >= 0.3 is 0 Å². The van der Waals surface area contributed by atoms with Gasteiger partial charge in [0.05, 0.1) is 11.3 Å². The van der Waals surface area contributed by atoms with Crippen LogP contribution < -0.4 is 10.5 Å². The number of rotatable bonds is 3. The Hall–Kier alpha value is -2.29. The molecule has 0 radical (unpaired) electrons. The van der Waals surface area contributed by atoms with Gasteiger partial charge in [-0.25, -0.2) is 0 Å². The number of nitrogens with two attached hydrogens (primary N) is 1. The molecule has 0 aliphatic carbocycles. The molecule has 3 nitrogen and oxygen atoms in total. The van der Waals surface area contributed by atoms with E-state index in [2.05, 4.69) is 0 Å². The van der Waals surface area contributed by atoms with Crippen LogP contribution in [0.4, 0.5) is 5.69 Å². The van der Waals surface area contributed by atoms with Crippen molar-refractivity contribution in [2.24, 2.45) is 0 Å². The Kier molecular flexibility index (Phi) is 3.10. The number of benzene rings is 2. The van der Waals surface area contributed by atoms with Crippen molar-refractivity contribution in [2.45, 2.75) is 6.92 Å². The van der Waals surface area contributed by atoms with Crippen LogP contribution >= 0.6 is 0 Å². The number of nitrogen functional groups attached to an aromatic ring is 1. The summed E-state index contributed by atoms with van der Waals surface area (Å²) in [4.78, 5) is 10.9. The minimum absolute atomic E-state index is 0.508. The molecule has 2 aromatic carbocycles. The standard InChI is InChI=1S/C14H13NO2/c1-10-6-7-12(15)14(8-10)17-13-5-3-2-4-11(13)9-16/h2-9H,15H2,1H3. The van der Waals surface area contributed by atoms with Gasteiger partial charge in [0.15, 0.2) is 12.0 Å². The molecule has 0 bridgehead atoms. The second-order valence-corrected chi connectivity index (χ2v) is 3.80. The average molecular weight is 227 g/mol. The zero-order chi connectivity index (χ0) is 12.3. The van der Waals surface area contributed by atoms with Crippen LogP contribution in [0.3, 0.4) is 0 Å². The maximum atomic E-state index is 10.9. The number of aldehydes is 1. The van der Waals surface area contributed by atoms with Gasteiger partial charge in [0.25, 0.3) is 0 Å². The fourth-order valence-electron chi connectivity index (χ4n) is 1.52. The van der Waals surface area contributed by atoms with Crippen LogP contribution in [-0.2, 0) is 0 Å². The highest BCUT2D eigenvalue weighted by Crippen LogP contribution is 2.29. The van der Waals surface area contributed by atoms with Gasteiger partial charge < -0.3 is 10.5 Å². The Morgan fingerprint density at radius 1 is 1.12 bits per heavy atom. The third kappa shape index (κ3) is 2.45. The molecule has 2 aromatic rings. The van der Waals surface area contributed by atoms with Crippen molar-refractivity contribution in [1.29, 1.82) is 0 Å². The summed E-state index contributed by atoms with van der Waals surface area (Å²) in [6.45, 7) is 1.96. The third-order valence-corrected chi connectivity index (χ3v) is 2.43. The highest BCUT2D eigenvalue weighted by atomic mass is 16.5. The van der Waals surface area contributed by atoms with Crippen molar-refractivity contribution < 1.29 is 9.53 Å². The lowest BCUT2D eigenvalue weighted by Crippen LogP contribution is -1.95. The topological polar surface area (TPSA) is 52.3 Å². The number of hydrogen-bond acceptors (Lipinski definition) is 3. The van der Waals surface area contributed by atoms with Gasteiger partial charge in [-0.2, -0.15) is 0 Å². The van der Waals surface area contributed by atoms with E-state index >= 15 is 0 Å². The molecule has 86 valence electrons. The Bertz CT molecular complexity index is 550. The van der Waals surface area contributed by atoms with Crippen molar-refractivity contribution in [3.8, 4) is 11.5 Å². The van der Waals surface area contributed by atoms with Crippen LogP contribution in [0, 0.1) is 6.92 Å². The zero-order valence-corrected chi connectivity index (χ0v) is 9.51. The van der Waals surface area contributed by atoms with E-state index in [4.69, 9.17) is 10.5 Å². The maximum absolute atomic E-state index is 10.9. The first-order valence-corrected chi connectivity index (χ1v) is 5.29. The van der Waals surface area contributed by atoms with Crippen LogP contribution in [0.15, 0.2) is 42.5 Å². The van der Waals surface area contributed by atoms with Crippen molar-refractivity contribution in [3.05, 3.63) is 53.6 Å². The molecule has 0 aromatic heterocycles. The Balaban J connectivity index is 2.37. The smallest absolute Gasteiger partial charge is 0.153 e. The molecule has 2 N–H and O–H groups in total. The summed E-state index contributed by atoms with van der Waals surface area (Å²) < 4.78 is 5.66. The van der Waals surface area contributed by atoms with Gasteiger partial charge in [0, 0.05) is 0 Å². The third-order valence-electron chi connectivity index (χ3n) is 2.43. The first-order valence-electron chi connectivity index (χ1n) is 5.29. The van der Waals surface area contributed by atoms with E-state index in [-0.39, 0.29) is 0 Å². The second kappa shape index (κ2) is 4.70. The molecule has 0 spiro atoms. The van der Waals surface area contributed by atoms with Crippen LogP contribution in [0.25, 0.3) is 0 Å². The van der Waals surface area contributed by atoms with E-state index in [0.29, 0.717) is 22.7 Å². The fraction of sp³-hybridized carbons (Fsp3) is 0.0714. The molecule has 0 fully saturated rings. The molecule has 0 saturated carbocycles. The second-order valence-electron chi connectivity index (χ2n) is 3.80. The van der Waals surface area contributed by atoms with Crippen molar-refractivity contribution in [3.63, 3.8) is 0 Å². The largest absolute Gasteiger partial charge is 0.454 e. The molecule has 0 aliphatic heterocycles. The minimum atomic E-state index is 0.508. The molecule has 0 saturated heterocycles. The first-order chi connectivity index (χ1) is 8.20. The predicted octanol–water partition coefficient (Wildman–Crippen LogP) is 3.18. The van der Waals surface area contributed by atoms with Crippen LogP contribution in [-0.4, -0.2) is 6.29 Å². The number of para-hydroxylation sites is 1. The summed E-state index contributed by atoms with van der Waals surface area (Å²) in [5, 5.41) is 0. The molecular formula is C14H13NO2. The summed E-state index contributed by atoms with van der Waals surface area (Å²) in [5.74, 6) is 1.08. The maximum Gasteiger partial charge on any atom is 0.153 e. The lowest BCUT2D eigenvalue weighted by molar-refractivity contribution is 0.112. The van der Waals surface area contributed by atoms with E-state index in [9.17, 15) is 4.79 Å². The van der Waals surface area contributed by atoms with Crippen LogP contribution in [0.2, 0.25) is 0 Å². The highest BCUT2D eigenvalue weighted by molar-refractivity contribution is 5.79. The molecule has 17 heavy (non-hydrogen) atoms. The van der Waals surface area contributed by atoms with E-state index in [1.807, 2.05) is 25.1 Å². The number of carbonyl (C=O) groups excluding carboxylic acids is 1. The van der Waals surface area contributed by atoms with Crippen molar-refractivity contribution >= 4 is 12.0 Å². The van der Waals surface area contributed by atoms with E-state index in [1.165, 1.54) is 0 Å². The van der Waals surface area contributed by atoms with E-state index < -0.39 is 0 Å². The number of ether oxygens (including phenoxy) is 1. The minimum Gasteiger partial charge on any atom is -0.454 e. The van der Waals surface area contributed by atoms with Gasteiger partial charge in [-0.15, -0.1) is 0 Å². The van der Waals surface area contributed by atoms with Gasteiger partial charge in [-0.05, 0) is 36.8 Å². The van der Waals surface area contributed by atoms with Gasteiger partial charge in [0.2, 0.25) is 0 Å². The highest BCUT2D eigenvalue weighted by Gasteiger charge is 2.06. The number of hydrogen-bond donors (Lipinski definition) is 1. The summed E-state index contributed by atoms with van der Waals surface area (Å²) in [5.41, 5.74) is 7.93. The normalized spacial score (nSPS) is 9.94. The molecule has 3 heteroatoms. The van der Waals surface area contributed by atoms with Gasteiger partial charge in [-0.1, -0.05) is 18.2 Å². The fourth-order valence-corrected chi connectivity index (χ4v) is 1.52. The Morgan fingerprint density at radius 2 is 1.88 bits per heavy atom. The lowest BCUT2D eigenvalue weighted by Gasteiger charge is -2.10. The lowest BCUT2D eigenvalue weighted by atomic mass is 10.2. The summed E-state index contributed by atoms with van der Waals surface area (Å²) in [7, 11) is 0. The van der Waals surface area contributed by atoms with Crippen LogP contribution in [0.1, 0.15) is 15.9 Å². The average Bonchev–Trinajstić information content (AvgIpc) is 2.34. The zero-order valence-electron chi connectivity index (χ0n) is 9.51. The van der Waals surface area contributed by atoms with Crippen molar-refractivity contribution in [1.82, 2.24) is 0 Å². The molecule has 2 rings (SSSR count).